The van der Waals surface area contributed by atoms with Gasteiger partial charge in [0, 0.05) is 23.2 Å². The van der Waals surface area contributed by atoms with E-state index in [0.717, 1.165) is 102 Å². The van der Waals surface area contributed by atoms with Crippen molar-refractivity contribution in [1.82, 2.24) is 40.4 Å². The van der Waals surface area contributed by atoms with Gasteiger partial charge in [0.15, 0.2) is 0 Å². The van der Waals surface area contributed by atoms with Crippen LogP contribution in [0.4, 0.5) is 4.79 Å². The lowest BCUT2D eigenvalue weighted by atomic mass is 9.78. The summed E-state index contributed by atoms with van der Waals surface area (Å²) >= 11 is 0. The molecule has 2 aromatic heterocycles. The molecule has 6 N–H and O–H groups in total. The van der Waals surface area contributed by atoms with E-state index in [0.29, 0.717) is 24.1 Å². The summed E-state index contributed by atoms with van der Waals surface area (Å²) in [5.41, 5.74) is 8.40. The minimum atomic E-state index is -1.13. The Morgan fingerprint density at radius 1 is 0.754 bits per heavy atom. The maximum atomic E-state index is 14.0. The number of aliphatic hydroxyl groups is 2. The van der Waals surface area contributed by atoms with Crippen LogP contribution in [0.1, 0.15) is 88.9 Å². The molecule has 10 atom stereocenters. The summed E-state index contributed by atoms with van der Waals surface area (Å²) < 4.78 is 8.61. The smallest absolute Gasteiger partial charge is 0.407 e. The highest BCUT2D eigenvalue weighted by Crippen LogP contribution is 2.51. The monoisotopic (exact) mass is 836 g/mol. The molecule has 0 radical (unpaired) electrons. The first kappa shape index (κ1) is 42.1. The van der Waals surface area contributed by atoms with E-state index in [9.17, 15) is 24.6 Å². The summed E-state index contributed by atoms with van der Waals surface area (Å²) in [5, 5.41) is 26.4. The molecule has 2 saturated carbocycles. The van der Waals surface area contributed by atoms with Crippen molar-refractivity contribution in [3.05, 3.63) is 60.4 Å². The maximum absolute atomic E-state index is 14.0. The standard InChI is InChI=1S/C43H52N8O6.C2H4O2/c1-21(52)37(44-3)41(54)50-33-9-5-7-25(33)17-35(50)39-45-19-31(47-39)23-11-13-27-29(15-23)28-14-12-24(16-30(27)28)32-20-46-40(48-32)36-18-26-8-6-10-34(26)51(36)42(55)38(22(2)53)49-43(56)57-4;1-4-2-3/h11-16,19-22,25-26,33-38,44,52-53H,5-10,17-18H2,1-4H3,(H,45,47)(H,46,48)(H,49,56);2H,1H3/t21?,22?,25?,26?,33?,34?,35?,36-,37?,38?;/m0./s1. The second-order valence-corrected chi connectivity index (χ2v) is 17.1. The number of hydrogen-bond acceptors (Lipinski definition) is 11. The van der Waals surface area contributed by atoms with Gasteiger partial charge in [-0.05, 0) is 106 Å². The first-order valence-corrected chi connectivity index (χ1v) is 21.4. The van der Waals surface area contributed by atoms with Gasteiger partial charge in [-0.25, -0.2) is 14.8 Å². The average molecular weight is 837 g/mol. The number of carbonyl (C=O) groups excluding carboxylic acids is 4. The van der Waals surface area contributed by atoms with Crippen LogP contribution < -0.4 is 10.6 Å². The Bertz CT molecular complexity index is 2270. The molecule has 4 heterocycles. The zero-order valence-corrected chi connectivity index (χ0v) is 35.3. The largest absolute Gasteiger partial charge is 0.471 e. The van der Waals surface area contributed by atoms with Crippen LogP contribution in [-0.2, 0) is 23.9 Å². The fraction of sp³-hybridized carbons (Fsp3) is 0.511. The lowest BCUT2D eigenvalue weighted by Gasteiger charge is -2.33. The second-order valence-electron chi connectivity index (χ2n) is 17.1. The Balaban J connectivity index is 0.00000123. The molecule has 61 heavy (non-hydrogen) atoms. The number of nitrogens with one attached hydrogen (secondary N) is 4. The summed E-state index contributed by atoms with van der Waals surface area (Å²) in [5.74, 6) is 1.86. The molecule has 0 bridgehead atoms. The van der Waals surface area contributed by atoms with E-state index in [1.54, 1.807) is 14.0 Å². The molecule has 3 aliphatic carbocycles. The molecular formula is C45H56N8O8. The van der Waals surface area contributed by atoms with Gasteiger partial charge in [0.05, 0.1) is 62.3 Å². The highest BCUT2D eigenvalue weighted by Gasteiger charge is 2.51. The molecule has 324 valence electrons. The lowest BCUT2D eigenvalue weighted by Crippen LogP contribution is -2.55. The second kappa shape index (κ2) is 17.4. The number of aromatic amines is 2. The Kier molecular flexibility index (Phi) is 12.0. The third kappa shape index (κ3) is 7.69. The molecule has 2 aromatic carbocycles. The van der Waals surface area contributed by atoms with Crippen molar-refractivity contribution in [2.24, 2.45) is 11.8 Å². The number of fused-ring (bicyclic) bond motifs is 6. The number of methoxy groups -OCH3 is 2. The van der Waals surface area contributed by atoms with Crippen LogP contribution in [0.2, 0.25) is 0 Å². The van der Waals surface area contributed by atoms with Gasteiger partial charge >= 0.3 is 6.09 Å². The van der Waals surface area contributed by atoms with Crippen molar-refractivity contribution in [2.45, 2.75) is 114 Å². The number of nitrogens with zero attached hydrogens (tertiary/aromatic N) is 4. The van der Waals surface area contributed by atoms with Crippen molar-refractivity contribution >= 4 is 24.4 Å². The number of hydrogen-bond donors (Lipinski definition) is 6. The highest BCUT2D eigenvalue weighted by molar-refractivity contribution is 6.04. The van der Waals surface area contributed by atoms with E-state index in [-0.39, 0.29) is 36.0 Å². The molecule has 4 fully saturated rings. The minimum absolute atomic E-state index is 0.0242. The number of alkyl carbamates (subject to hydrolysis) is 1. The number of likely N-dealkylation sites (N-methyl/N-ethyl adjacent to an activating group) is 1. The summed E-state index contributed by atoms with van der Waals surface area (Å²) in [6.07, 6.45) is 8.79. The summed E-state index contributed by atoms with van der Waals surface area (Å²) in [6.45, 7) is 3.53. The molecule has 9 unspecified atom stereocenters. The van der Waals surface area contributed by atoms with Gasteiger partial charge in [0.25, 0.3) is 6.47 Å². The molecule has 3 amide bonds. The molecular weight excluding hydrogens is 781 g/mol. The van der Waals surface area contributed by atoms with Crippen LogP contribution in [0.3, 0.4) is 0 Å². The third-order valence-corrected chi connectivity index (χ3v) is 13.6. The summed E-state index contributed by atoms with van der Waals surface area (Å²) in [4.78, 5) is 69.3. The van der Waals surface area contributed by atoms with Crippen molar-refractivity contribution < 1.29 is 38.9 Å². The first-order valence-electron chi connectivity index (χ1n) is 21.4. The number of amides is 3. The van der Waals surface area contributed by atoms with Gasteiger partial charge in [-0.2, -0.15) is 0 Å². The van der Waals surface area contributed by atoms with Gasteiger partial charge in [0.2, 0.25) is 11.8 Å². The fourth-order valence-electron chi connectivity index (χ4n) is 10.7. The van der Waals surface area contributed by atoms with Gasteiger partial charge in [-0.1, -0.05) is 37.1 Å². The van der Waals surface area contributed by atoms with Gasteiger partial charge in [0.1, 0.15) is 23.7 Å². The van der Waals surface area contributed by atoms with E-state index in [1.165, 1.54) is 21.1 Å². The summed E-state index contributed by atoms with van der Waals surface area (Å²) in [6, 6.07) is 10.8. The van der Waals surface area contributed by atoms with Crippen LogP contribution in [-0.4, -0.2) is 122 Å². The van der Waals surface area contributed by atoms with E-state index in [4.69, 9.17) is 19.5 Å². The van der Waals surface area contributed by atoms with Crippen molar-refractivity contribution in [1.29, 1.82) is 0 Å². The zero-order valence-electron chi connectivity index (χ0n) is 35.3. The van der Waals surface area contributed by atoms with Gasteiger partial charge < -0.3 is 50.1 Å². The Morgan fingerprint density at radius 3 is 1.62 bits per heavy atom. The number of likely N-dealkylation sites (tertiary alicyclic amines) is 2. The Morgan fingerprint density at radius 2 is 1.21 bits per heavy atom. The highest BCUT2D eigenvalue weighted by atomic mass is 16.5. The van der Waals surface area contributed by atoms with Crippen LogP contribution in [0.5, 0.6) is 0 Å². The van der Waals surface area contributed by atoms with Crippen LogP contribution in [0, 0.1) is 11.8 Å². The normalized spacial score (nSPS) is 25.1. The Hall–Kier alpha value is -5.58. The predicted octanol–water partition coefficient (Wildman–Crippen LogP) is 4.86. The summed E-state index contributed by atoms with van der Waals surface area (Å²) in [7, 11) is 4.27. The van der Waals surface area contributed by atoms with E-state index >= 15 is 0 Å². The number of benzene rings is 2. The molecule has 4 aromatic rings. The van der Waals surface area contributed by atoms with Crippen molar-refractivity contribution in [3.8, 4) is 44.8 Å². The first-order chi connectivity index (χ1) is 29.5. The van der Waals surface area contributed by atoms with E-state index in [2.05, 4.69) is 61.7 Å². The predicted molar refractivity (Wildman–Crippen MR) is 225 cm³/mol. The number of imidazole rings is 2. The van der Waals surface area contributed by atoms with Crippen molar-refractivity contribution in [3.63, 3.8) is 0 Å². The SMILES string of the molecule is CNC(C(=O)N1C(c2ncc(-c3ccc4c(c3)-c3ccc(-c5cnc([C@@H]6CC7CCCC7N6C(=O)C(NC(=O)OC)C(C)O)[nH]5)cc3-4)[nH]2)CC2CCCC21)C(C)O.COC=O. The topological polar surface area (TPSA) is 215 Å². The van der Waals surface area contributed by atoms with Crippen LogP contribution in [0.25, 0.3) is 44.8 Å². The minimum Gasteiger partial charge on any atom is -0.471 e. The number of aliphatic hydroxyl groups excluding tert-OH is 2. The number of rotatable bonds is 11. The van der Waals surface area contributed by atoms with Crippen molar-refractivity contribution in [2.75, 3.05) is 21.3 Å². The Labute approximate surface area is 354 Å². The maximum Gasteiger partial charge on any atom is 0.407 e. The molecule has 16 nitrogen and oxygen atoms in total. The number of carbonyl (C=O) groups is 4. The molecule has 16 heteroatoms. The fourth-order valence-corrected chi connectivity index (χ4v) is 10.7. The lowest BCUT2D eigenvalue weighted by molar-refractivity contribution is -0.140. The van der Waals surface area contributed by atoms with Gasteiger partial charge in [-0.3, -0.25) is 14.4 Å². The number of H-pyrrole nitrogens is 2. The molecule has 2 aliphatic heterocycles. The zero-order chi connectivity index (χ0) is 43.1. The van der Waals surface area contributed by atoms with E-state index < -0.39 is 30.4 Å². The molecule has 5 aliphatic rings. The number of aromatic nitrogens is 4. The third-order valence-electron chi connectivity index (χ3n) is 13.6. The van der Waals surface area contributed by atoms with E-state index in [1.807, 2.05) is 22.2 Å². The molecule has 2 saturated heterocycles. The number of ether oxygens (including phenoxy) is 2. The quantitative estimate of drug-likeness (QED) is 0.0989. The molecule has 9 rings (SSSR count). The molecule has 0 spiro atoms. The van der Waals surface area contributed by atoms with Crippen LogP contribution >= 0.6 is 0 Å². The van der Waals surface area contributed by atoms with Crippen LogP contribution in [0.15, 0.2) is 48.8 Å². The van der Waals surface area contributed by atoms with Gasteiger partial charge in [-0.15, -0.1) is 0 Å². The average Bonchev–Trinajstić information content (AvgIpc) is 4.10.